The molecule has 0 spiro atoms. The molecule has 2 atom stereocenters. The second-order valence-corrected chi connectivity index (χ2v) is 7.99. The molecule has 1 saturated heterocycles. The fourth-order valence-electron chi connectivity index (χ4n) is 1.73. The Morgan fingerprint density at radius 1 is 1.11 bits per heavy atom. The van der Waals surface area contributed by atoms with Gasteiger partial charge in [0, 0.05) is 13.2 Å². The Balaban J connectivity index is 0. The molecule has 1 heterocycles. The van der Waals surface area contributed by atoms with Crippen molar-refractivity contribution in [3.05, 3.63) is 0 Å². The number of hydrogen-bond donors (Lipinski definition) is 3. The van der Waals surface area contributed by atoms with E-state index in [0.717, 1.165) is 0 Å². The molecule has 2 unspecified atom stereocenters. The largest absolute Gasteiger partial charge is 1.00 e. The smallest absolute Gasteiger partial charge is 0.776 e. The zero-order valence-corrected chi connectivity index (χ0v) is 16.7. The summed E-state index contributed by atoms with van der Waals surface area (Å²) in [4.78, 5) is 39.5. The Labute approximate surface area is 155 Å². The Bertz CT molecular complexity index is 338. The molecule has 0 radical (unpaired) electrons. The molecule has 0 amide bonds. The van der Waals surface area contributed by atoms with Gasteiger partial charge in [-0.1, -0.05) is 0 Å². The van der Waals surface area contributed by atoms with E-state index in [4.69, 9.17) is 14.5 Å². The van der Waals surface area contributed by atoms with E-state index < -0.39 is 32.6 Å². The van der Waals surface area contributed by atoms with Crippen LogP contribution in [0, 0.1) is 5.92 Å². The first-order chi connectivity index (χ1) is 7.58. The zero-order valence-electron chi connectivity index (χ0n) is 10.9. The second kappa shape index (κ2) is 8.75. The summed E-state index contributed by atoms with van der Waals surface area (Å²) >= 11 is 0. The molecule has 0 aromatic heterocycles. The molecule has 1 aliphatic heterocycles. The Morgan fingerprint density at radius 2 is 1.47 bits per heavy atom. The van der Waals surface area contributed by atoms with Crippen molar-refractivity contribution >= 4 is 15.2 Å². The molecule has 1 fully saturated rings. The molecular weight excluding hydrogens is 320 g/mol. The van der Waals surface area contributed by atoms with E-state index in [-0.39, 0.29) is 59.1 Å². The number of hydrogen-bond acceptors (Lipinski definition) is 6. The van der Waals surface area contributed by atoms with Gasteiger partial charge < -0.3 is 38.5 Å². The summed E-state index contributed by atoms with van der Waals surface area (Å²) in [5, 5.41) is 6.03. The van der Waals surface area contributed by atoms with Crippen LogP contribution < -0.4 is 68.9 Å². The summed E-state index contributed by atoms with van der Waals surface area (Å²) in [7, 11) is -11.3. The van der Waals surface area contributed by atoms with Crippen LogP contribution in [0.15, 0.2) is 0 Å². The predicted molar refractivity (Wildman–Crippen MR) is 52.8 cm³/mol. The molecule has 1 aliphatic rings. The normalized spacial score (nSPS) is 25.9. The third kappa shape index (κ3) is 6.08. The first kappa shape index (κ1) is 23.5. The van der Waals surface area contributed by atoms with E-state index in [9.17, 15) is 24.0 Å². The molecule has 0 bridgehead atoms. The molecular formula is C7H14Na2O8P2. The molecule has 0 saturated carbocycles. The van der Waals surface area contributed by atoms with E-state index >= 15 is 0 Å². The van der Waals surface area contributed by atoms with Crippen molar-refractivity contribution in [3.63, 3.8) is 0 Å². The minimum Gasteiger partial charge on any atom is -0.776 e. The second-order valence-electron chi connectivity index (χ2n) is 4.08. The summed E-state index contributed by atoms with van der Waals surface area (Å²) in [5.41, 5.74) is 0. The molecule has 12 heteroatoms. The van der Waals surface area contributed by atoms with Gasteiger partial charge in [-0.25, -0.2) is 0 Å². The van der Waals surface area contributed by atoms with E-state index in [1.54, 1.807) is 0 Å². The van der Waals surface area contributed by atoms with Crippen molar-refractivity contribution in [1.82, 2.24) is 0 Å². The molecule has 0 aromatic rings. The minimum absolute atomic E-state index is 0. The minimum atomic E-state index is -5.64. The summed E-state index contributed by atoms with van der Waals surface area (Å²) in [6, 6.07) is 0. The monoisotopic (exact) mass is 334 g/mol. The zero-order chi connectivity index (χ0) is 13.3. The Hall–Kier alpha value is 2.22. The maximum Gasteiger partial charge on any atom is 1.00 e. The fraction of sp³-hybridized carbons (Fsp3) is 1.00. The molecule has 8 nitrogen and oxygen atoms in total. The van der Waals surface area contributed by atoms with Gasteiger partial charge in [-0.2, -0.15) is 0 Å². The molecule has 102 valence electrons. The van der Waals surface area contributed by atoms with Gasteiger partial charge >= 0.3 is 59.1 Å². The average Bonchev–Trinajstić information content (AvgIpc) is 2.15. The van der Waals surface area contributed by atoms with Crippen LogP contribution in [0.2, 0.25) is 0 Å². The summed E-state index contributed by atoms with van der Waals surface area (Å²) in [6.07, 6.45) is -0.0600. The van der Waals surface area contributed by atoms with Gasteiger partial charge in [0.05, 0.1) is 0 Å². The van der Waals surface area contributed by atoms with Gasteiger partial charge in [-0.05, 0) is 25.2 Å². The van der Waals surface area contributed by atoms with E-state index in [0.29, 0.717) is 26.1 Å². The van der Waals surface area contributed by atoms with Crippen LogP contribution >= 0.6 is 15.2 Å². The van der Waals surface area contributed by atoms with Crippen molar-refractivity contribution < 1.29 is 97.7 Å². The van der Waals surface area contributed by atoms with Crippen molar-refractivity contribution in [2.45, 2.75) is 24.3 Å². The first-order valence-electron chi connectivity index (χ1n) is 4.96. The van der Waals surface area contributed by atoms with Gasteiger partial charge in [0.1, 0.15) is 0 Å². The summed E-state index contributed by atoms with van der Waals surface area (Å²) in [6.45, 7) is 0.619. The quantitative estimate of drug-likeness (QED) is 0.339. The van der Waals surface area contributed by atoms with Gasteiger partial charge in [-0.15, -0.1) is 0 Å². The molecule has 3 N–H and O–H groups in total. The van der Waals surface area contributed by atoms with Gasteiger partial charge in [0.2, 0.25) is 0 Å². The van der Waals surface area contributed by atoms with Crippen LogP contribution in [0.5, 0.6) is 0 Å². The third-order valence-corrected chi connectivity index (χ3v) is 6.50. The van der Waals surface area contributed by atoms with Crippen LogP contribution in [0.3, 0.4) is 0 Å². The predicted octanol–water partition coefficient (Wildman–Crippen LogP) is -7.45. The van der Waals surface area contributed by atoms with Gasteiger partial charge in [0.25, 0.3) is 0 Å². The van der Waals surface area contributed by atoms with Crippen LogP contribution in [0.4, 0.5) is 0 Å². The fourth-order valence-corrected chi connectivity index (χ4v) is 3.98. The van der Waals surface area contributed by atoms with Crippen molar-refractivity contribution in [2.24, 2.45) is 5.92 Å². The number of aliphatic hydroxyl groups is 1. The van der Waals surface area contributed by atoms with Crippen molar-refractivity contribution in [1.29, 1.82) is 0 Å². The third-order valence-electron chi connectivity index (χ3n) is 2.81. The van der Waals surface area contributed by atoms with Gasteiger partial charge in [-0.3, -0.25) is 0 Å². The maximum absolute atomic E-state index is 10.9. The van der Waals surface area contributed by atoms with Crippen LogP contribution in [0.1, 0.15) is 19.3 Å². The Morgan fingerprint density at radius 3 is 1.79 bits per heavy atom. The molecule has 0 aromatic carbocycles. The van der Waals surface area contributed by atoms with Crippen LogP contribution in [-0.2, 0) is 13.9 Å². The SMILES string of the molecule is O=P([O-])(O)C(O)(CC1CCOCC1)P(=O)([O-])O.[Na+].[Na+]. The maximum atomic E-state index is 10.9. The first-order valence-corrected chi connectivity index (χ1v) is 8.11. The van der Waals surface area contributed by atoms with E-state index in [1.807, 2.05) is 0 Å². The molecule has 0 aliphatic carbocycles. The number of rotatable bonds is 4. The topological polar surface area (TPSA) is 150 Å². The van der Waals surface area contributed by atoms with Crippen LogP contribution in [0.25, 0.3) is 0 Å². The summed E-state index contributed by atoms with van der Waals surface area (Å²) in [5.74, 6) is -0.461. The molecule has 1 rings (SSSR count). The van der Waals surface area contributed by atoms with Gasteiger partial charge in [0.15, 0.2) is 20.3 Å². The Kier molecular flexibility index (Phi) is 10.8. The average molecular weight is 334 g/mol. The van der Waals surface area contributed by atoms with E-state index in [2.05, 4.69) is 0 Å². The van der Waals surface area contributed by atoms with Crippen molar-refractivity contribution in [2.75, 3.05) is 13.2 Å². The van der Waals surface area contributed by atoms with Crippen molar-refractivity contribution in [3.8, 4) is 0 Å². The standard InChI is InChI=1S/C7H16O8P2.2Na/c8-7(16(9,10)11,17(12,13)14)5-6-1-3-15-4-2-6;;/h6,8H,1-5H2,(H2,9,10,11)(H2,12,13,14);;/q;2*+1/p-2. The number of ether oxygens (including phenoxy) is 1. The van der Waals surface area contributed by atoms with E-state index in [1.165, 1.54) is 0 Å². The van der Waals surface area contributed by atoms with Crippen LogP contribution in [-0.4, -0.2) is 33.2 Å². The summed E-state index contributed by atoms with van der Waals surface area (Å²) < 4.78 is 26.9. The molecule has 19 heavy (non-hydrogen) atoms.